The van der Waals surface area contributed by atoms with Crippen molar-refractivity contribution in [3.8, 4) is 0 Å². The van der Waals surface area contributed by atoms with Crippen molar-refractivity contribution in [3.05, 3.63) is 38.4 Å². The van der Waals surface area contributed by atoms with Crippen LogP contribution < -0.4 is 5.32 Å². The van der Waals surface area contributed by atoms with Crippen molar-refractivity contribution in [1.82, 2.24) is 0 Å². The van der Waals surface area contributed by atoms with Crippen molar-refractivity contribution < 1.29 is 20.1 Å². The van der Waals surface area contributed by atoms with Gasteiger partial charge >= 0.3 is 0 Å². The Labute approximate surface area is 101 Å². The first-order valence-electron chi connectivity index (χ1n) is 4.90. The van der Waals surface area contributed by atoms with Crippen molar-refractivity contribution in [2.24, 2.45) is 0 Å². The van der Waals surface area contributed by atoms with E-state index in [-0.39, 0.29) is 5.69 Å². The quantitative estimate of drug-likeness (QED) is 0.490. The summed E-state index contributed by atoms with van der Waals surface area (Å²) in [7, 11) is 0. The summed E-state index contributed by atoms with van der Waals surface area (Å²) in [6.07, 6.45) is 0. The molecule has 3 N–H and O–H groups in total. The molecule has 0 atom stereocenters. The monoisotopic (exact) mass is 257 g/mol. The summed E-state index contributed by atoms with van der Waals surface area (Å²) in [6.45, 7) is -0.852. The molecule has 0 unspecified atom stereocenters. The predicted octanol–water partition coefficient (Wildman–Crippen LogP) is 0.268. The molecule has 0 saturated carbocycles. The Balaban J connectivity index is 3.11. The van der Waals surface area contributed by atoms with E-state index in [1.807, 2.05) is 0 Å². The van der Waals surface area contributed by atoms with Gasteiger partial charge in [0.25, 0.3) is 11.4 Å². The standard InChI is InChI=1S/C9H11N3O6/c13-4-6(5-14)10-8-2-1-7(11(15)16)3-9(8)12(17)18/h1-3,6,10,13-14H,4-5H2. The number of nitro benzene ring substituents is 2. The zero-order chi connectivity index (χ0) is 13.7. The van der Waals surface area contributed by atoms with E-state index in [1.165, 1.54) is 0 Å². The number of rotatable bonds is 6. The Hall–Kier alpha value is -2.26. The maximum absolute atomic E-state index is 10.8. The second kappa shape index (κ2) is 5.89. The van der Waals surface area contributed by atoms with Crippen LogP contribution in [0.1, 0.15) is 0 Å². The zero-order valence-corrected chi connectivity index (χ0v) is 9.15. The lowest BCUT2D eigenvalue weighted by Crippen LogP contribution is -2.28. The molecular weight excluding hydrogens is 246 g/mol. The van der Waals surface area contributed by atoms with Crippen LogP contribution in [-0.2, 0) is 0 Å². The Morgan fingerprint density at radius 1 is 1.17 bits per heavy atom. The van der Waals surface area contributed by atoms with E-state index in [2.05, 4.69) is 5.32 Å². The number of aliphatic hydroxyl groups is 2. The van der Waals surface area contributed by atoms with Gasteiger partial charge in [0.1, 0.15) is 5.69 Å². The minimum atomic E-state index is -0.777. The maximum atomic E-state index is 10.8. The maximum Gasteiger partial charge on any atom is 0.299 e. The lowest BCUT2D eigenvalue weighted by atomic mass is 10.2. The van der Waals surface area contributed by atoms with E-state index >= 15 is 0 Å². The lowest BCUT2D eigenvalue weighted by molar-refractivity contribution is -0.393. The number of hydrogen-bond acceptors (Lipinski definition) is 7. The van der Waals surface area contributed by atoms with E-state index in [1.54, 1.807) is 0 Å². The molecule has 0 fully saturated rings. The van der Waals surface area contributed by atoms with Crippen molar-refractivity contribution >= 4 is 17.1 Å². The summed E-state index contributed by atoms with van der Waals surface area (Å²) >= 11 is 0. The van der Waals surface area contributed by atoms with Gasteiger partial charge in [0.2, 0.25) is 0 Å². The molecule has 18 heavy (non-hydrogen) atoms. The number of anilines is 1. The highest BCUT2D eigenvalue weighted by Crippen LogP contribution is 2.29. The fraction of sp³-hybridized carbons (Fsp3) is 0.333. The summed E-state index contributed by atoms with van der Waals surface area (Å²) in [5.41, 5.74) is -0.897. The summed E-state index contributed by atoms with van der Waals surface area (Å²) in [4.78, 5) is 19.8. The van der Waals surface area contributed by atoms with Gasteiger partial charge in [-0.15, -0.1) is 0 Å². The van der Waals surface area contributed by atoms with Crippen LogP contribution in [0, 0.1) is 20.2 Å². The molecule has 98 valence electrons. The topological polar surface area (TPSA) is 139 Å². The van der Waals surface area contributed by atoms with Crippen molar-refractivity contribution in [1.29, 1.82) is 0 Å². The predicted molar refractivity (Wildman–Crippen MR) is 61.3 cm³/mol. The van der Waals surface area contributed by atoms with Gasteiger partial charge in [-0.1, -0.05) is 0 Å². The molecular formula is C9H11N3O6. The van der Waals surface area contributed by atoms with Crippen LogP contribution in [0.2, 0.25) is 0 Å². The van der Waals surface area contributed by atoms with Gasteiger partial charge in [-0.2, -0.15) is 0 Å². The molecule has 0 spiro atoms. The number of aliphatic hydroxyl groups excluding tert-OH is 2. The van der Waals surface area contributed by atoms with Crippen LogP contribution in [0.5, 0.6) is 0 Å². The largest absolute Gasteiger partial charge is 0.394 e. The summed E-state index contributed by atoms with van der Waals surface area (Å²) < 4.78 is 0. The van der Waals surface area contributed by atoms with Crippen LogP contribution >= 0.6 is 0 Å². The molecule has 9 nitrogen and oxygen atoms in total. The van der Waals surface area contributed by atoms with Gasteiger partial charge in [0, 0.05) is 6.07 Å². The summed E-state index contributed by atoms with van der Waals surface area (Å²) in [6, 6.07) is 2.30. The molecule has 0 bridgehead atoms. The Morgan fingerprint density at radius 2 is 1.78 bits per heavy atom. The first-order chi connectivity index (χ1) is 8.49. The van der Waals surface area contributed by atoms with E-state index in [0.29, 0.717) is 0 Å². The van der Waals surface area contributed by atoms with Crippen molar-refractivity contribution in [3.63, 3.8) is 0 Å². The highest BCUT2D eigenvalue weighted by Gasteiger charge is 2.20. The van der Waals surface area contributed by atoms with Gasteiger partial charge in [-0.05, 0) is 6.07 Å². The minimum absolute atomic E-state index is 0.00120. The highest BCUT2D eigenvalue weighted by molar-refractivity contribution is 5.65. The van der Waals surface area contributed by atoms with Crippen LogP contribution in [0.25, 0.3) is 0 Å². The SMILES string of the molecule is O=[N+]([O-])c1ccc(NC(CO)CO)c([N+](=O)[O-])c1. The third-order valence-corrected chi connectivity index (χ3v) is 2.19. The molecule has 0 aliphatic carbocycles. The number of nitrogens with zero attached hydrogens (tertiary/aromatic N) is 2. The molecule has 0 aliphatic heterocycles. The van der Waals surface area contributed by atoms with Gasteiger partial charge < -0.3 is 15.5 Å². The second-order valence-electron chi connectivity index (χ2n) is 3.42. The van der Waals surface area contributed by atoms with Gasteiger partial charge in [-0.25, -0.2) is 0 Å². The molecule has 0 radical (unpaired) electrons. The Morgan fingerprint density at radius 3 is 2.22 bits per heavy atom. The molecule has 1 aromatic carbocycles. The van der Waals surface area contributed by atoms with Crippen molar-refractivity contribution in [2.75, 3.05) is 18.5 Å². The Bertz CT molecular complexity index is 460. The molecule has 0 heterocycles. The fourth-order valence-electron chi connectivity index (χ4n) is 1.28. The van der Waals surface area contributed by atoms with Crippen molar-refractivity contribution in [2.45, 2.75) is 6.04 Å². The normalized spacial score (nSPS) is 10.4. The average Bonchev–Trinajstić information content (AvgIpc) is 2.35. The van der Waals surface area contributed by atoms with Gasteiger partial charge in [0.05, 0.1) is 35.2 Å². The molecule has 1 aromatic rings. The van der Waals surface area contributed by atoms with Crippen LogP contribution in [0.3, 0.4) is 0 Å². The number of nitro groups is 2. The van der Waals surface area contributed by atoms with Crippen LogP contribution in [-0.4, -0.2) is 39.3 Å². The highest BCUT2D eigenvalue weighted by atomic mass is 16.6. The fourth-order valence-corrected chi connectivity index (χ4v) is 1.28. The second-order valence-corrected chi connectivity index (χ2v) is 3.42. The van der Waals surface area contributed by atoms with Crippen LogP contribution in [0.15, 0.2) is 18.2 Å². The van der Waals surface area contributed by atoms with Gasteiger partial charge in [-0.3, -0.25) is 20.2 Å². The molecule has 0 aromatic heterocycles. The summed E-state index contributed by atoms with van der Waals surface area (Å²) in [5, 5.41) is 41.5. The van der Waals surface area contributed by atoms with E-state index in [4.69, 9.17) is 10.2 Å². The first-order valence-corrected chi connectivity index (χ1v) is 4.90. The number of nitrogens with one attached hydrogen (secondary N) is 1. The molecule has 0 aliphatic rings. The molecule has 9 heteroatoms. The summed E-state index contributed by atoms with van der Waals surface area (Å²) in [5.74, 6) is 0. The smallest absolute Gasteiger partial charge is 0.299 e. The molecule has 0 amide bonds. The van der Waals surface area contributed by atoms with Gasteiger partial charge in [0.15, 0.2) is 0 Å². The van der Waals surface area contributed by atoms with E-state index in [0.717, 1.165) is 18.2 Å². The number of hydrogen-bond donors (Lipinski definition) is 3. The van der Waals surface area contributed by atoms with E-state index < -0.39 is 40.5 Å². The minimum Gasteiger partial charge on any atom is -0.394 e. The lowest BCUT2D eigenvalue weighted by Gasteiger charge is -2.14. The first kappa shape index (κ1) is 13.8. The Kier molecular flexibility index (Phi) is 4.52. The number of non-ortho nitro benzene ring substituents is 1. The number of benzene rings is 1. The molecule has 1 rings (SSSR count). The zero-order valence-electron chi connectivity index (χ0n) is 9.15. The third kappa shape index (κ3) is 3.12. The molecule has 0 saturated heterocycles. The van der Waals surface area contributed by atoms with E-state index in [9.17, 15) is 20.2 Å². The third-order valence-electron chi connectivity index (χ3n) is 2.19. The average molecular weight is 257 g/mol. The van der Waals surface area contributed by atoms with Crippen LogP contribution in [0.4, 0.5) is 17.1 Å².